The van der Waals surface area contributed by atoms with E-state index in [-0.39, 0.29) is 27.7 Å². The van der Waals surface area contributed by atoms with Crippen molar-refractivity contribution in [2.75, 3.05) is 18.5 Å². The van der Waals surface area contributed by atoms with Gasteiger partial charge >= 0.3 is 0 Å². The highest BCUT2D eigenvalue weighted by atomic mass is 35.5. The fraction of sp³-hybridized carbons (Fsp3) is 0.250. The van der Waals surface area contributed by atoms with Crippen molar-refractivity contribution < 1.29 is 22.3 Å². The van der Waals surface area contributed by atoms with Crippen LogP contribution in [0.15, 0.2) is 56.8 Å². The zero-order chi connectivity index (χ0) is 20.6. The molecule has 4 rings (SSSR count). The summed E-state index contributed by atoms with van der Waals surface area (Å²) in [6, 6.07) is 11.2. The molecule has 7 nitrogen and oxygen atoms in total. The number of nitrogens with zero attached hydrogens (tertiary/aromatic N) is 1. The van der Waals surface area contributed by atoms with E-state index in [1.54, 1.807) is 30.3 Å². The van der Waals surface area contributed by atoms with E-state index in [0.717, 1.165) is 0 Å². The zero-order valence-corrected chi connectivity index (χ0v) is 17.4. The first kappa shape index (κ1) is 19.6. The first-order chi connectivity index (χ1) is 13.8. The van der Waals surface area contributed by atoms with Gasteiger partial charge < -0.3 is 19.2 Å². The van der Waals surface area contributed by atoms with Crippen molar-refractivity contribution >= 4 is 27.3 Å². The van der Waals surface area contributed by atoms with Crippen molar-refractivity contribution in [3.05, 3.63) is 47.5 Å². The van der Waals surface area contributed by atoms with Gasteiger partial charge in [0.15, 0.2) is 11.5 Å². The summed E-state index contributed by atoms with van der Waals surface area (Å²) in [5.41, 5.74) is 0.616. The van der Waals surface area contributed by atoms with Gasteiger partial charge in [-0.3, -0.25) is 0 Å². The molecule has 0 radical (unpaired) electrons. The highest BCUT2D eigenvalue weighted by Crippen LogP contribution is 2.37. The number of aromatic nitrogens is 1. The number of ether oxygens (including phenoxy) is 2. The lowest BCUT2D eigenvalue weighted by Gasteiger charge is -2.18. The van der Waals surface area contributed by atoms with Gasteiger partial charge in [0.25, 0.3) is 0 Å². The molecule has 0 atom stereocenters. The summed E-state index contributed by atoms with van der Waals surface area (Å²) in [6.45, 7) is 4.55. The molecule has 3 aromatic rings. The molecule has 0 bridgehead atoms. The predicted octanol–water partition coefficient (Wildman–Crippen LogP) is 4.42. The molecule has 1 aromatic heterocycles. The Hall–Kier alpha value is -2.71. The van der Waals surface area contributed by atoms with Crippen LogP contribution in [0.2, 0.25) is 5.02 Å². The van der Waals surface area contributed by atoms with Crippen LogP contribution in [0.25, 0.3) is 11.5 Å². The second-order valence-corrected chi connectivity index (χ2v) is 9.07. The van der Waals surface area contributed by atoms with E-state index in [1.807, 2.05) is 13.8 Å². The third-order valence-corrected chi connectivity index (χ3v) is 6.10. The molecule has 1 aliphatic heterocycles. The van der Waals surface area contributed by atoms with Gasteiger partial charge in [0, 0.05) is 22.7 Å². The standard InChI is InChI=1S/C20H19ClN2O5S/c1-12(2)22-19-20(23-18(28-19)13-3-5-14(21)6-4-13)29(24,25)15-7-8-16-17(11-15)27-10-9-26-16/h3-8,11-12,22H,9-10H2,1-2H3. The quantitative estimate of drug-likeness (QED) is 0.635. The number of halogens is 1. The molecular weight excluding hydrogens is 416 g/mol. The van der Waals surface area contributed by atoms with Gasteiger partial charge in [-0.2, -0.15) is 4.98 Å². The van der Waals surface area contributed by atoms with Gasteiger partial charge in [-0.15, -0.1) is 0 Å². The largest absolute Gasteiger partial charge is 0.486 e. The van der Waals surface area contributed by atoms with E-state index >= 15 is 0 Å². The maximum absolute atomic E-state index is 13.3. The fourth-order valence-corrected chi connectivity index (χ4v) is 4.27. The molecule has 0 fully saturated rings. The molecule has 2 heterocycles. The Bertz CT molecular complexity index is 1140. The van der Waals surface area contributed by atoms with Crippen molar-refractivity contribution in [2.24, 2.45) is 0 Å². The molecule has 1 aliphatic rings. The summed E-state index contributed by atoms with van der Waals surface area (Å²) >= 11 is 5.93. The monoisotopic (exact) mass is 434 g/mol. The number of sulfone groups is 1. The summed E-state index contributed by atoms with van der Waals surface area (Å²) in [5, 5.41) is 3.40. The van der Waals surface area contributed by atoms with Gasteiger partial charge in [-0.05, 0) is 50.2 Å². The van der Waals surface area contributed by atoms with Gasteiger partial charge in [0.2, 0.25) is 26.6 Å². The third kappa shape index (κ3) is 3.90. The summed E-state index contributed by atoms with van der Waals surface area (Å²) in [5.74, 6) is 1.16. The molecule has 0 saturated heterocycles. The molecule has 0 saturated carbocycles. The Balaban J connectivity index is 1.80. The highest BCUT2D eigenvalue weighted by Gasteiger charge is 2.30. The minimum Gasteiger partial charge on any atom is -0.486 e. The summed E-state index contributed by atoms with van der Waals surface area (Å²) in [7, 11) is -3.97. The number of oxazole rings is 1. The maximum atomic E-state index is 13.3. The molecule has 2 aromatic carbocycles. The molecule has 9 heteroatoms. The number of nitrogens with one attached hydrogen (secondary N) is 1. The number of hydrogen-bond donors (Lipinski definition) is 1. The van der Waals surface area contributed by atoms with E-state index in [2.05, 4.69) is 10.3 Å². The Morgan fingerprint density at radius 2 is 1.72 bits per heavy atom. The van der Waals surface area contributed by atoms with Crippen molar-refractivity contribution in [1.82, 2.24) is 4.98 Å². The Labute approximate surface area is 173 Å². The summed E-state index contributed by atoms with van der Waals surface area (Å²) in [6.07, 6.45) is 0. The highest BCUT2D eigenvalue weighted by molar-refractivity contribution is 7.91. The van der Waals surface area contributed by atoms with Crippen LogP contribution >= 0.6 is 11.6 Å². The van der Waals surface area contributed by atoms with Gasteiger partial charge in [-0.25, -0.2) is 8.42 Å². The predicted molar refractivity (Wildman–Crippen MR) is 109 cm³/mol. The normalized spacial score (nSPS) is 13.5. The smallest absolute Gasteiger partial charge is 0.234 e. The van der Waals surface area contributed by atoms with E-state index in [0.29, 0.717) is 35.3 Å². The van der Waals surface area contributed by atoms with Crippen LogP contribution in [0.4, 0.5) is 5.88 Å². The molecule has 152 valence electrons. The molecule has 0 unspecified atom stereocenters. The third-order valence-electron chi connectivity index (χ3n) is 4.19. The van der Waals surface area contributed by atoms with E-state index in [4.69, 9.17) is 25.5 Å². The van der Waals surface area contributed by atoms with Gasteiger partial charge in [-0.1, -0.05) is 11.6 Å². The molecule has 1 N–H and O–H groups in total. The number of rotatable bonds is 5. The molecule has 0 amide bonds. The second-order valence-electron chi connectivity index (χ2n) is 6.77. The molecular formula is C20H19ClN2O5S. The Morgan fingerprint density at radius 3 is 2.41 bits per heavy atom. The zero-order valence-electron chi connectivity index (χ0n) is 15.8. The number of fused-ring (bicyclic) bond motifs is 1. The molecule has 0 aliphatic carbocycles. The van der Waals surface area contributed by atoms with Crippen LogP contribution in [-0.2, 0) is 9.84 Å². The second kappa shape index (κ2) is 7.61. The lowest BCUT2D eigenvalue weighted by molar-refractivity contribution is 0.171. The van der Waals surface area contributed by atoms with Crippen molar-refractivity contribution in [2.45, 2.75) is 29.8 Å². The van der Waals surface area contributed by atoms with Gasteiger partial charge in [0.1, 0.15) is 13.2 Å². The summed E-state index contributed by atoms with van der Waals surface area (Å²) in [4.78, 5) is 4.34. The van der Waals surface area contributed by atoms with Crippen molar-refractivity contribution in [3.8, 4) is 23.0 Å². The average molecular weight is 435 g/mol. The fourth-order valence-electron chi connectivity index (χ4n) is 2.86. The van der Waals surface area contributed by atoms with Crippen LogP contribution in [0.1, 0.15) is 13.8 Å². The first-order valence-electron chi connectivity index (χ1n) is 9.02. The number of benzene rings is 2. The first-order valence-corrected chi connectivity index (χ1v) is 10.9. The topological polar surface area (TPSA) is 90.7 Å². The van der Waals surface area contributed by atoms with E-state index in [9.17, 15) is 8.42 Å². The minimum atomic E-state index is -3.97. The van der Waals surface area contributed by atoms with Crippen molar-refractivity contribution in [3.63, 3.8) is 0 Å². The number of hydrogen-bond acceptors (Lipinski definition) is 7. The average Bonchev–Trinajstić information content (AvgIpc) is 3.12. The number of anilines is 1. The lowest BCUT2D eigenvalue weighted by Crippen LogP contribution is -2.16. The molecule has 0 spiro atoms. The van der Waals surface area contributed by atoms with Crippen LogP contribution in [0, 0.1) is 0 Å². The van der Waals surface area contributed by atoms with Crippen molar-refractivity contribution in [1.29, 1.82) is 0 Å². The van der Waals surface area contributed by atoms with Crippen LogP contribution in [-0.4, -0.2) is 32.7 Å². The maximum Gasteiger partial charge on any atom is 0.234 e. The molecule has 29 heavy (non-hydrogen) atoms. The SMILES string of the molecule is CC(C)Nc1oc(-c2ccc(Cl)cc2)nc1S(=O)(=O)c1ccc2c(c1)OCCO2. The minimum absolute atomic E-state index is 0.0458. The van der Waals surface area contributed by atoms with Crippen LogP contribution < -0.4 is 14.8 Å². The summed E-state index contributed by atoms with van der Waals surface area (Å²) < 4.78 is 43.4. The van der Waals surface area contributed by atoms with E-state index in [1.165, 1.54) is 12.1 Å². The Morgan fingerprint density at radius 1 is 1.03 bits per heavy atom. The van der Waals surface area contributed by atoms with Crippen LogP contribution in [0.3, 0.4) is 0 Å². The lowest BCUT2D eigenvalue weighted by atomic mass is 10.2. The Kier molecular flexibility index (Phi) is 5.14. The van der Waals surface area contributed by atoms with Gasteiger partial charge in [0.05, 0.1) is 4.90 Å². The van der Waals surface area contributed by atoms with Crippen LogP contribution in [0.5, 0.6) is 11.5 Å². The van der Waals surface area contributed by atoms with E-state index < -0.39 is 9.84 Å².